The fourth-order valence-corrected chi connectivity index (χ4v) is 4.22. The first-order valence-electron chi connectivity index (χ1n) is 11.4. The van der Waals surface area contributed by atoms with Crippen LogP contribution in [0.25, 0.3) is 5.76 Å². The predicted molar refractivity (Wildman–Crippen MR) is 132 cm³/mol. The van der Waals surface area contributed by atoms with Gasteiger partial charge >= 0.3 is 0 Å². The zero-order valence-electron chi connectivity index (χ0n) is 18.6. The first-order valence-corrected chi connectivity index (χ1v) is 11.4. The highest BCUT2D eigenvalue weighted by Gasteiger charge is 2.37. The lowest BCUT2D eigenvalue weighted by molar-refractivity contribution is 0.364. The van der Waals surface area contributed by atoms with E-state index in [0.717, 1.165) is 47.2 Å². The summed E-state index contributed by atoms with van der Waals surface area (Å²) >= 11 is 0. The van der Waals surface area contributed by atoms with Crippen LogP contribution in [0.5, 0.6) is 23.0 Å². The molecular formula is C30H26O3. The predicted octanol–water partition coefficient (Wildman–Crippen LogP) is 8.20. The molecule has 164 valence electrons. The van der Waals surface area contributed by atoms with Gasteiger partial charge < -0.3 is 14.2 Å². The number of hydrogen-bond donors (Lipinski definition) is 0. The molecule has 33 heavy (non-hydrogen) atoms. The van der Waals surface area contributed by atoms with Gasteiger partial charge in [-0.25, -0.2) is 0 Å². The molecule has 4 aromatic carbocycles. The zero-order valence-corrected chi connectivity index (χ0v) is 18.6. The highest BCUT2D eigenvalue weighted by molar-refractivity contribution is 5.79. The molecule has 0 aromatic heterocycles. The van der Waals surface area contributed by atoms with Gasteiger partial charge in [0.05, 0.1) is 5.56 Å². The van der Waals surface area contributed by atoms with E-state index >= 15 is 0 Å². The quantitative estimate of drug-likeness (QED) is 0.280. The Morgan fingerprint density at radius 1 is 0.576 bits per heavy atom. The summed E-state index contributed by atoms with van der Waals surface area (Å²) in [5.74, 6) is 4.73. The highest BCUT2D eigenvalue weighted by Crippen LogP contribution is 2.49. The number of fused-ring (bicyclic) bond motifs is 1. The molecule has 5 rings (SSSR count). The lowest BCUT2D eigenvalue weighted by Gasteiger charge is -2.17. The molecule has 1 aliphatic rings. The minimum Gasteiger partial charge on any atom is -0.457 e. The molecular weight excluding hydrogens is 408 g/mol. The number of para-hydroxylation sites is 3. The Kier molecular flexibility index (Phi) is 6.12. The summed E-state index contributed by atoms with van der Waals surface area (Å²) in [6.45, 7) is 2.19. The Morgan fingerprint density at radius 2 is 1.12 bits per heavy atom. The minimum atomic E-state index is 0.0863. The van der Waals surface area contributed by atoms with Gasteiger partial charge in [0.15, 0.2) is 11.5 Å². The van der Waals surface area contributed by atoms with Crippen LogP contribution in [0.1, 0.15) is 36.8 Å². The van der Waals surface area contributed by atoms with E-state index in [1.54, 1.807) is 0 Å². The van der Waals surface area contributed by atoms with Crippen LogP contribution >= 0.6 is 0 Å². The Hall–Kier alpha value is -3.98. The Bertz CT molecular complexity index is 1230. The molecule has 0 saturated heterocycles. The Labute approximate surface area is 194 Å². The molecule has 0 N–H and O–H groups in total. The molecule has 1 atom stereocenters. The van der Waals surface area contributed by atoms with Crippen molar-refractivity contribution in [1.82, 2.24) is 0 Å². The molecule has 0 saturated carbocycles. The van der Waals surface area contributed by atoms with Crippen molar-refractivity contribution in [3.63, 3.8) is 0 Å². The van der Waals surface area contributed by atoms with Gasteiger partial charge in [-0.05, 0) is 54.4 Å². The van der Waals surface area contributed by atoms with Crippen molar-refractivity contribution in [3.05, 3.63) is 126 Å². The fourth-order valence-electron chi connectivity index (χ4n) is 4.22. The van der Waals surface area contributed by atoms with Crippen molar-refractivity contribution in [2.75, 3.05) is 0 Å². The van der Waals surface area contributed by atoms with Crippen molar-refractivity contribution >= 4 is 5.76 Å². The molecule has 1 unspecified atom stereocenters. The maximum Gasteiger partial charge on any atom is 0.177 e. The first-order chi connectivity index (χ1) is 16.3. The van der Waals surface area contributed by atoms with E-state index in [-0.39, 0.29) is 5.92 Å². The van der Waals surface area contributed by atoms with Gasteiger partial charge in [0.25, 0.3) is 0 Å². The van der Waals surface area contributed by atoms with E-state index in [1.807, 2.05) is 103 Å². The van der Waals surface area contributed by atoms with Crippen LogP contribution in [-0.4, -0.2) is 0 Å². The van der Waals surface area contributed by atoms with Crippen LogP contribution in [0.3, 0.4) is 0 Å². The van der Waals surface area contributed by atoms with Gasteiger partial charge in [0, 0.05) is 5.92 Å². The topological polar surface area (TPSA) is 27.7 Å². The average molecular weight is 435 g/mol. The molecule has 0 radical (unpaired) electrons. The van der Waals surface area contributed by atoms with E-state index in [4.69, 9.17) is 14.2 Å². The van der Waals surface area contributed by atoms with Crippen LogP contribution in [-0.2, 0) is 0 Å². The average Bonchev–Trinajstić information content (AvgIpc) is 3.14. The Morgan fingerprint density at radius 3 is 1.70 bits per heavy atom. The number of benzene rings is 4. The second kappa shape index (κ2) is 9.66. The lowest BCUT2D eigenvalue weighted by Crippen LogP contribution is -2.06. The third-order valence-corrected chi connectivity index (χ3v) is 5.68. The molecule has 0 heterocycles. The first kappa shape index (κ1) is 20.9. The third-order valence-electron chi connectivity index (χ3n) is 5.68. The maximum atomic E-state index is 6.52. The van der Waals surface area contributed by atoms with E-state index in [9.17, 15) is 0 Å². The van der Waals surface area contributed by atoms with Crippen LogP contribution in [0.15, 0.2) is 115 Å². The standard InChI is InChI=1S/C30H26O3/c1-2-13-26-25-20-12-21-27(31-22-14-6-3-7-15-22)28(25)30(33-24-18-10-5-11-19-24)29(26)32-23-16-8-4-9-17-23/h3-12,14-21,26H,2,13H2,1H3. The number of hydrogen-bond acceptors (Lipinski definition) is 3. The van der Waals surface area contributed by atoms with Crippen molar-refractivity contribution in [1.29, 1.82) is 0 Å². The fraction of sp³-hybridized carbons (Fsp3) is 0.133. The molecule has 0 amide bonds. The number of rotatable bonds is 8. The highest BCUT2D eigenvalue weighted by atomic mass is 16.5. The van der Waals surface area contributed by atoms with Crippen LogP contribution in [0.2, 0.25) is 0 Å². The minimum absolute atomic E-state index is 0.0863. The largest absolute Gasteiger partial charge is 0.457 e. The van der Waals surface area contributed by atoms with Crippen molar-refractivity contribution in [2.24, 2.45) is 0 Å². The molecule has 0 fully saturated rings. The summed E-state index contributed by atoms with van der Waals surface area (Å²) in [6.07, 6.45) is 1.97. The SMILES string of the molecule is CCCC1C(Oc2ccccc2)=C(Oc2ccccc2)c2c(Oc3ccccc3)cccc21. The van der Waals surface area contributed by atoms with E-state index < -0.39 is 0 Å². The molecule has 0 spiro atoms. The van der Waals surface area contributed by atoms with E-state index in [0.29, 0.717) is 5.76 Å². The number of allylic oxidation sites excluding steroid dienone is 1. The summed E-state index contributed by atoms with van der Waals surface area (Å²) in [5.41, 5.74) is 2.12. The van der Waals surface area contributed by atoms with Crippen LogP contribution < -0.4 is 14.2 Å². The van der Waals surface area contributed by atoms with E-state index in [1.165, 1.54) is 5.56 Å². The second-order valence-electron chi connectivity index (χ2n) is 8.00. The third kappa shape index (κ3) is 4.49. The van der Waals surface area contributed by atoms with Gasteiger partial charge in [0.2, 0.25) is 0 Å². The summed E-state index contributed by atoms with van der Waals surface area (Å²) in [4.78, 5) is 0. The molecule has 0 bridgehead atoms. The van der Waals surface area contributed by atoms with Gasteiger partial charge in [-0.3, -0.25) is 0 Å². The van der Waals surface area contributed by atoms with Gasteiger partial charge in [-0.2, -0.15) is 0 Å². The van der Waals surface area contributed by atoms with E-state index in [2.05, 4.69) is 13.0 Å². The lowest BCUT2D eigenvalue weighted by atomic mass is 9.95. The molecule has 3 nitrogen and oxygen atoms in total. The monoisotopic (exact) mass is 434 g/mol. The second-order valence-corrected chi connectivity index (χ2v) is 8.00. The van der Waals surface area contributed by atoms with Gasteiger partial charge in [-0.1, -0.05) is 80.1 Å². The van der Waals surface area contributed by atoms with Gasteiger partial charge in [-0.15, -0.1) is 0 Å². The zero-order chi connectivity index (χ0) is 22.5. The summed E-state index contributed by atoms with van der Waals surface area (Å²) < 4.78 is 19.4. The van der Waals surface area contributed by atoms with Crippen molar-refractivity contribution in [2.45, 2.75) is 25.7 Å². The summed E-state index contributed by atoms with van der Waals surface area (Å²) in [7, 11) is 0. The summed E-state index contributed by atoms with van der Waals surface area (Å²) in [5, 5.41) is 0. The van der Waals surface area contributed by atoms with Crippen LogP contribution in [0, 0.1) is 0 Å². The molecule has 0 aliphatic heterocycles. The molecule has 1 aliphatic carbocycles. The maximum absolute atomic E-state index is 6.52. The van der Waals surface area contributed by atoms with Crippen LogP contribution in [0.4, 0.5) is 0 Å². The van der Waals surface area contributed by atoms with Crippen molar-refractivity contribution in [3.8, 4) is 23.0 Å². The molecule has 4 aromatic rings. The smallest absolute Gasteiger partial charge is 0.177 e. The van der Waals surface area contributed by atoms with Crippen molar-refractivity contribution < 1.29 is 14.2 Å². The number of ether oxygens (including phenoxy) is 3. The molecule has 3 heteroatoms. The Balaban J connectivity index is 1.65. The summed E-state index contributed by atoms with van der Waals surface area (Å²) in [6, 6.07) is 35.8. The normalized spacial score (nSPS) is 14.6. The van der Waals surface area contributed by atoms with Gasteiger partial charge in [0.1, 0.15) is 23.0 Å².